The molecule has 4 heteroatoms. The van der Waals surface area contributed by atoms with Gasteiger partial charge < -0.3 is 4.74 Å². The summed E-state index contributed by atoms with van der Waals surface area (Å²) in [6.07, 6.45) is 4.85. The van der Waals surface area contributed by atoms with E-state index in [4.69, 9.17) is 4.74 Å². The van der Waals surface area contributed by atoms with E-state index >= 15 is 0 Å². The van der Waals surface area contributed by atoms with Crippen molar-refractivity contribution in [1.29, 1.82) is 0 Å². The van der Waals surface area contributed by atoms with E-state index in [1.807, 2.05) is 0 Å². The van der Waals surface area contributed by atoms with Gasteiger partial charge >= 0.3 is 5.97 Å². The van der Waals surface area contributed by atoms with Gasteiger partial charge in [-0.25, -0.2) is 9.78 Å². The Kier molecular flexibility index (Phi) is 4.38. The number of halogens is 1. The number of nitrogens with zero attached hydrogens (tertiary/aromatic N) is 1. The zero-order valence-electron chi connectivity index (χ0n) is 10.7. The van der Waals surface area contributed by atoms with Gasteiger partial charge in [-0.1, -0.05) is 13.8 Å². The third kappa shape index (κ3) is 3.31. The van der Waals surface area contributed by atoms with Gasteiger partial charge in [-0.15, -0.1) is 0 Å². The van der Waals surface area contributed by atoms with Crippen molar-refractivity contribution in [3.05, 3.63) is 28.5 Å². The first kappa shape index (κ1) is 13.5. The topological polar surface area (TPSA) is 39.2 Å². The minimum atomic E-state index is -0.277. The van der Waals surface area contributed by atoms with Gasteiger partial charge in [0, 0.05) is 6.20 Å². The molecular formula is C14H18BrNO2. The zero-order valence-corrected chi connectivity index (χ0v) is 12.3. The molecule has 1 heterocycles. The van der Waals surface area contributed by atoms with Gasteiger partial charge in [-0.3, -0.25) is 0 Å². The Labute approximate surface area is 116 Å². The molecule has 0 aromatic carbocycles. The van der Waals surface area contributed by atoms with Gasteiger partial charge in [0.15, 0.2) is 0 Å². The molecule has 0 bridgehead atoms. The van der Waals surface area contributed by atoms with Crippen LogP contribution in [0.3, 0.4) is 0 Å². The van der Waals surface area contributed by atoms with Gasteiger partial charge in [0.1, 0.15) is 10.7 Å². The highest BCUT2D eigenvalue weighted by Crippen LogP contribution is 2.31. The van der Waals surface area contributed by atoms with Gasteiger partial charge in [-0.2, -0.15) is 0 Å². The lowest BCUT2D eigenvalue weighted by Gasteiger charge is -2.31. The van der Waals surface area contributed by atoms with E-state index in [-0.39, 0.29) is 12.1 Å². The van der Waals surface area contributed by atoms with Crippen molar-refractivity contribution in [3.63, 3.8) is 0 Å². The molecule has 3 nitrogen and oxygen atoms in total. The monoisotopic (exact) mass is 311 g/mol. The fourth-order valence-electron chi connectivity index (χ4n) is 2.72. The number of rotatable bonds is 2. The molecule has 98 valence electrons. The summed E-state index contributed by atoms with van der Waals surface area (Å²) in [6.45, 7) is 4.44. The number of hydrogen-bond donors (Lipinski definition) is 0. The summed E-state index contributed by atoms with van der Waals surface area (Å²) in [4.78, 5) is 16.1. The van der Waals surface area contributed by atoms with E-state index in [2.05, 4.69) is 34.8 Å². The standard InChI is InChI=1S/C14H18BrNO2/c1-9-6-10(2)8-11(7-9)18-14(17)12-4-3-5-16-13(12)15/h3-5,9-11H,6-8H2,1-2H3. The van der Waals surface area contributed by atoms with Crippen LogP contribution in [-0.4, -0.2) is 17.1 Å². The molecule has 0 N–H and O–H groups in total. The number of carbonyl (C=O) groups is 1. The fraction of sp³-hybridized carbons (Fsp3) is 0.571. The maximum Gasteiger partial charge on any atom is 0.341 e. The van der Waals surface area contributed by atoms with Crippen LogP contribution in [0.5, 0.6) is 0 Å². The van der Waals surface area contributed by atoms with E-state index in [9.17, 15) is 4.79 Å². The quantitative estimate of drug-likeness (QED) is 0.615. The van der Waals surface area contributed by atoms with Crippen LogP contribution in [0.1, 0.15) is 43.5 Å². The van der Waals surface area contributed by atoms with Crippen molar-refractivity contribution in [2.24, 2.45) is 11.8 Å². The Morgan fingerprint density at radius 2 is 2.00 bits per heavy atom. The lowest BCUT2D eigenvalue weighted by molar-refractivity contribution is 0.00791. The molecule has 1 aliphatic carbocycles. The molecule has 0 amide bonds. The van der Waals surface area contributed by atoms with Crippen LogP contribution < -0.4 is 0 Å². The largest absolute Gasteiger partial charge is 0.459 e. The summed E-state index contributed by atoms with van der Waals surface area (Å²) >= 11 is 3.27. The second-order valence-electron chi connectivity index (χ2n) is 5.29. The first-order valence-electron chi connectivity index (χ1n) is 6.37. The number of aromatic nitrogens is 1. The number of pyridine rings is 1. The molecule has 18 heavy (non-hydrogen) atoms. The SMILES string of the molecule is CC1CC(C)CC(OC(=O)c2cccnc2Br)C1. The van der Waals surface area contributed by atoms with Gasteiger partial charge in [0.2, 0.25) is 0 Å². The predicted molar refractivity (Wildman–Crippen MR) is 73.3 cm³/mol. The van der Waals surface area contributed by atoms with Crippen molar-refractivity contribution < 1.29 is 9.53 Å². The second kappa shape index (κ2) is 5.83. The number of hydrogen-bond acceptors (Lipinski definition) is 3. The highest BCUT2D eigenvalue weighted by molar-refractivity contribution is 9.10. The fourth-order valence-corrected chi connectivity index (χ4v) is 3.13. The molecule has 0 radical (unpaired) electrons. The van der Waals surface area contributed by atoms with E-state index < -0.39 is 0 Å². The average Bonchev–Trinajstić information content (AvgIpc) is 2.27. The van der Waals surface area contributed by atoms with E-state index in [1.165, 1.54) is 6.42 Å². The van der Waals surface area contributed by atoms with Gasteiger partial charge in [-0.05, 0) is 59.2 Å². The number of carbonyl (C=O) groups excluding carboxylic acids is 1. The Morgan fingerprint density at radius 3 is 2.61 bits per heavy atom. The third-order valence-electron chi connectivity index (χ3n) is 3.39. The zero-order chi connectivity index (χ0) is 13.1. The van der Waals surface area contributed by atoms with E-state index in [0.717, 1.165) is 12.8 Å². The molecule has 1 aromatic rings. The summed E-state index contributed by atoms with van der Waals surface area (Å²) < 4.78 is 6.14. The van der Waals surface area contributed by atoms with Crippen molar-refractivity contribution in [2.75, 3.05) is 0 Å². The lowest BCUT2D eigenvalue weighted by atomic mass is 9.82. The maximum atomic E-state index is 12.1. The minimum Gasteiger partial charge on any atom is -0.459 e. The molecule has 0 spiro atoms. The summed E-state index contributed by atoms with van der Waals surface area (Å²) in [6, 6.07) is 3.47. The molecular weight excluding hydrogens is 294 g/mol. The Bertz CT molecular complexity index is 426. The van der Waals surface area contributed by atoms with Crippen molar-refractivity contribution in [2.45, 2.75) is 39.2 Å². The van der Waals surface area contributed by atoms with Crippen molar-refractivity contribution in [1.82, 2.24) is 4.98 Å². The molecule has 1 saturated carbocycles. The summed E-state index contributed by atoms with van der Waals surface area (Å²) in [5.74, 6) is 0.981. The molecule has 1 aliphatic rings. The first-order valence-corrected chi connectivity index (χ1v) is 7.17. The normalized spacial score (nSPS) is 27.8. The smallest absolute Gasteiger partial charge is 0.341 e. The van der Waals surface area contributed by atoms with Crippen LogP contribution in [0.25, 0.3) is 0 Å². The van der Waals surface area contributed by atoms with Crippen molar-refractivity contribution in [3.8, 4) is 0 Å². The van der Waals surface area contributed by atoms with Gasteiger partial charge in [0.05, 0.1) is 5.56 Å². The van der Waals surface area contributed by atoms with E-state index in [0.29, 0.717) is 22.0 Å². The second-order valence-corrected chi connectivity index (χ2v) is 6.04. The van der Waals surface area contributed by atoms with Crippen LogP contribution in [-0.2, 0) is 4.74 Å². The maximum absolute atomic E-state index is 12.1. The number of esters is 1. The summed E-state index contributed by atoms with van der Waals surface area (Å²) in [7, 11) is 0. The van der Waals surface area contributed by atoms with Crippen LogP contribution in [0.4, 0.5) is 0 Å². The highest BCUT2D eigenvalue weighted by Gasteiger charge is 2.27. The molecule has 1 aromatic heterocycles. The van der Waals surface area contributed by atoms with Crippen LogP contribution >= 0.6 is 15.9 Å². The Balaban J connectivity index is 2.01. The summed E-state index contributed by atoms with van der Waals surface area (Å²) in [5, 5.41) is 0. The summed E-state index contributed by atoms with van der Waals surface area (Å²) in [5.41, 5.74) is 0.503. The third-order valence-corrected chi connectivity index (χ3v) is 4.02. The molecule has 0 aliphatic heterocycles. The average molecular weight is 312 g/mol. The molecule has 2 atom stereocenters. The first-order chi connectivity index (χ1) is 8.56. The Hall–Kier alpha value is -0.900. The van der Waals surface area contributed by atoms with Gasteiger partial charge in [0.25, 0.3) is 0 Å². The van der Waals surface area contributed by atoms with E-state index in [1.54, 1.807) is 18.3 Å². The van der Waals surface area contributed by atoms with Crippen LogP contribution in [0, 0.1) is 11.8 Å². The minimum absolute atomic E-state index is 0.0448. The molecule has 2 rings (SSSR count). The molecule has 2 unspecified atom stereocenters. The lowest BCUT2D eigenvalue weighted by Crippen LogP contribution is -2.28. The predicted octanol–water partition coefficient (Wildman–Crippen LogP) is 3.83. The van der Waals surface area contributed by atoms with Crippen LogP contribution in [0.15, 0.2) is 22.9 Å². The highest BCUT2D eigenvalue weighted by atomic mass is 79.9. The molecule has 0 saturated heterocycles. The van der Waals surface area contributed by atoms with Crippen LogP contribution in [0.2, 0.25) is 0 Å². The number of ether oxygens (including phenoxy) is 1. The van der Waals surface area contributed by atoms with Crippen molar-refractivity contribution >= 4 is 21.9 Å². The Morgan fingerprint density at radius 1 is 1.33 bits per heavy atom. The molecule has 1 fully saturated rings.